The van der Waals surface area contributed by atoms with Crippen molar-refractivity contribution in [1.82, 2.24) is 0 Å². The molecule has 0 bridgehead atoms. The van der Waals surface area contributed by atoms with Gasteiger partial charge >= 0.3 is 0 Å². The molecule has 0 amide bonds. The average Bonchev–Trinajstić information content (AvgIpc) is 2.45. The quantitative estimate of drug-likeness (QED) is 0.664. The zero-order valence-corrected chi connectivity index (χ0v) is 12.6. The van der Waals surface area contributed by atoms with Crippen LogP contribution in [0, 0.1) is 10.1 Å². The fraction of sp³-hybridized carbons (Fsp3) is 0.294. The van der Waals surface area contributed by atoms with Crippen molar-refractivity contribution in [3.63, 3.8) is 0 Å². The van der Waals surface area contributed by atoms with E-state index in [0.717, 1.165) is 11.3 Å². The fourth-order valence-corrected chi connectivity index (χ4v) is 2.03. The zero-order chi connectivity index (χ0) is 15.5. The molecule has 2 aromatic carbocycles. The molecule has 0 atom stereocenters. The largest absolute Gasteiger partial charge is 0.381 e. The Morgan fingerprint density at radius 3 is 2.05 bits per heavy atom. The van der Waals surface area contributed by atoms with Crippen LogP contribution in [0.2, 0.25) is 0 Å². The van der Waals surface area contributed by atoms with Crippen LogP contribution in [0.4, 0.5) is 11.4 Å². The van der Waals surface area contributed by atoms with Crippen molar-refractivity contribution in [3.8, 4) is 0 Å². The molecular formula is C17H20N2O2. The summed E-state index contributed by atoms with van der Waals surface area (Å²) in [4.78, 5) is 10.2. The van der Waals surface area contributed by atoms with Gasteiger partial charge in [-0.25, -0.2) is 0 Å². The van der Waals surface area contributed by atoms with Crippen molar-refractivity contribution in [2.45, 2.75) is 32.7 Å². The minimum absolute atomic E-state index is 0.119. The first-order valence-electron chi connectivity index (χ1n) is 6.94. The van der Waals surface area contributed by atoms with Crippen LogP contribution >= 0.6 is 0 Å². The topological polar surface area (TPSA) is 55.2 Å². The lowest BCUT2D eigenvalue weighted by atomic mass is 9.87. The van der Waals surface area contributed by atoms with Gasteiger partial charge in [0.2, 0.25) is 0 Å². The van der Waals surface area contributed by atoms with E-state index in [0.29, 0.717) is 6.54 Å². The van der Waals surface area contributed by atoms with Crippen LogP contribution in [-0.2, 0) is 12.0 Å². The molecule has 4 heteroatoms. The number of hydrogen-bond acceptors (Lipinski definition) is 3. The van der Waals surface area contributed by atoms with Gasteiger partial charge in [-0.1, -0.05) is 45.0 Å². The van der Waals surface area contributed by atoms with Crippen molar-refractivity contribution < 1.29 is 4.92 Å². The number of hydrogen-bond donors (Lipinski definition) is 1. The first kappa shape index (κ1) is 15.0. The van der Waals surface area contributed by atoms with Gasteiger partial charge in [-0.3, -0.25) is 10.1 Å². The molecule has 21 heavy (non-hydrogen) atoms. The van der Waals surface area contributed by atoms with E-state index in [1.54, 1.807) is 12.1 Å². The number of nitro groups is 1. The number of non-ortho nitro benzene ring substituents is 1. The lowest BCUT2D eigenvalue weighted by Gasteiger charge is -2.19. The Hall–Kier alpha value is -2.36. The van der Waals surface area contributed by atoms with E-state index in [1.807, 2.05) is 0 Å². The van der Waals surface area contributed by atoms with E-state index in [9.17, 15) is 10.1 Å². The van der Waals surface area contributed by atoms with Gasteiger partial charge in [-0.05, 0) is 28.7 Å². The van der Waals surface area contributed by atoms with E-state index in [-0.39, 0.29) is 16.0 Å². The second-order valence-corrected chi connectivity index (χ2v) is 6.10. The Morgan fingerprint density at radius 2 is 1.57 bits per heavy atom. The minimum atomic E-state index is -0.386. The molecule has 0 spiro atoms. The van der Waals surface area contributed by atoms with E-state index in [4.69, 9.17) is 0 Å². The second-order valence-electron chi connectivity index (χ2n) is 6.10. The number of anilines is 1. The van der Waals surface area contributed by atoms with Crippen LogP contribution in [0.5, 0.6) is 0 Å². The average molecular weight is 284 g/mol. The highest BCUT2D eigenvalue weighted by Crippen LogP contribution is 2.23. The van der Waals surface area contributed by atoms with Crippen molar-refractivity contribution >= 4 is 11.4 Å². The maximum atomic E-state index is 10.6. The van der Waals surface area contributed by atoms with E-state index in [2.05, 4.69) is 50.4 Å². The predicted octanol–water partition coefficient (Wildman–Crippen LogP) is 4.50. The van der Waals surface area contributed by atoms with Crippen LogP contribution in [0.25, 0.3) is 0 Å². The molecule has 0 aliphatic heterocycles. The first-order valence-corrected chi connectivity index (χ1v) is 6.94. The molecule has 0 heterocycles. The molecule has 0 aliphatic rings. The van der Waals surface area contributed by atoms with E-state index >= 15 is 0 Å². The minimum Gasteiger partial charge on any atom is -0.381 e. The summed E-state index contributed by atoms with van der Waals surface area (Å²) in [5.74, 6) is 0. The molecule has 0 saturated carbocycles. The van der Waals surface area contributed by atoms with Gasteiger partial charge in [-0.2, -0.15) is 0 Å². The van der Waals surface area contributed by atoms with Crippen LogP contribution < -0.4 is 5.32 Å². The molecular weight excluding hydrogens is 264 g/mol. The standard InChI is InChI=1S/C17H20N2O2/c1-17(2,3)14-6-8-15(9-7-14)18-12-13-4-10-16(11-5-13)19(20)21/h4-11,18H,12H2,1-3H3. The molecule has 4 nitrogen and oxygen atoms in total. The van der Waals surface area contributed by atoms with Gasteiger partial charge in [0.15, 0.2) is 0 Å². The van der Waals surface area contributed by atoms with Gasteiger partial charge in [-0.15, -0.1) is 0 Å². The first-order chi connectivity index (χ1) is 9.86. The summed E-state index contributed by atoms with van der Waals surface area (Å²) in [6.45, 7) is 7.21. The van der Waals surface area contributed by atoms with E-state index < -0.39 is 0 Å². The van der Waals surface area contributed by atoms with Crippen molar-refractivity contribution in [3.05, 3.63) is 69.8 Å². The van der Waals surface area contributed by atoms with Crippen LogP contribution in [-0.4, -0.2) is 4.92 Å². The maximum absolute atomic E-state index is 10.6. The molecule has 0 aromatic heterocycles. The molecule has 2 aromatic rings. The van der Waals surface area contributed by atoms with Gasteiger partial charge in [0.25, 0.3) is 5.69 Å². The molecule has 0 unspecified atom stereocenters. The molecule has 110 valence electrons. The number of nitrogens with one attached hydrogen (secondary N) is 1. The molecule has 0 fully saturated rings. The fourth-order valence-electron chi connectivity index (χ4n) is 2.03. The number of benzene rings is 2. The SMILES string of the molecule is CC(C)(C)c1ccc(NCc2ccc([N+](=O)[O-])cc2)cc1. The summed E-state index contributed by atoms with van der Waals surface area (Å²) >= 11 is 0. The molecule has 0 radical (unpaired) electrons. The number of nitrogens with zero attached hydrogens (tertiary/aromatic N) is 1. The zero-order valence-electron chi connectivity index (χ0n) is 12.6. The van der Waals surface area contributed by atoms with Gasteiger partial charge in [0.1, 0.15) is 0 Å². The van der Waals surface area contributed by atoms with Crippen LogP contribution in [0.15, 0.2) is 48.5 Å². The Labute approximate surface area is 125 Å². The summed E-state index contributed by atoms with van der Waals surface area (Å²) in [7, 11) is 0. The summed E-state index contributed by atoms with van der Waals surface area (Å²) in [5.41, 5.74) is 3.62. The van der Waals surface area contributed by atoms with Crippen LogP contribution in [0.3, 0.4) is 0 Å². The van der Waals surface area contributed by atoms with E-state index in [1.165, 1.54) is 17.7 Å². The normalized spacial score (nSPS) is 11.2. The second kappa shape index (κ2) is 5.95. The number of rotatable bonds is 4. The lowest BCUT2D eigenvalue weighted by molar-refractivity contribution is -0.384. The summed E-state index contributed by atoms with van der Waals surface area (Å²) in [6, 6.07) is 15.0. The molecule has 1 N–H and O–H groups in total. The molecule has 2 rings (SSSR count). The lowest BCUT2D eigenvalue weighted by Crippen LogP contribution is -2.10. The smallest absolute Gasteiger partial charge is 0.269 e. The predicted molar refractivity (Wildman–Crippen MR) is 85.6 cm³/mol. The Bertz CT molecular complexity index is 611. The Morgan fingerprint density at radius 1 is 1.00 bits per heavy atom. The van der Waals surface area contributed by atoms with Gasteiger partial charge in [0.05, 0.1) is 4.92 Å². The Kier molecular flexibility index (Phi) is 4.26. The third-order valence-corrected chi connectivity index (χ3v) is 3.39. The van der Waals surface area contributed by atoms with Crippen molar-refractivity contribution in [2.75, 3.05) is 5.32 Å². The van der Waals surface area contributed by atoms with Crippen molar-refractivity contribution in [2.24, 2.45) is 0 Å². The monoisotopic (exact) mass is 284 g/mol. The molecule has 0 saturated heterocycles. The summed E-state index contributed by atoms with van der Waals surface area (Å²) < 4.78 is 0. The maximum Gasteiger partial charge on any atom is 0.269 e. The van der Waals surface area contributed by atoms with Gasteiger partial charge in [0, 0.05) is 24.4 Å². The third kappa shape index (κ3) is 4.05. The third-order valence-electron chi connectivity index (χ3n) is 3.39. The molecule has 0 aliphatic carbocycles. The summed E-state index contributed by atoms with van der Waals surface area (Å²) in [6.07, 6.45) is 0. The highest BCUT2D eigenvalue weighted by atomic mass is 16.6. The summed E-state index contributed by atoms with van der Waals surface area (Å²) in [5, 5.41) is 13.9. The van der Waals surface area contributed by atoms with Crippen molar-refractivity contribution in [1.29, 1.82) is 0 Å². The highest BCUT2D eigenvalue weighted by Gasteiger charge is 2.12. The van der Waals surface area contributed by atoms with Gasteiger partial charge < -0.3 is 5.32 Å². The Balaban J connectivity index is 1.98. The van der Waals surface area contributed by atoms with Crippen LogP contribution in [0.1, 0.15) is 31.9 Å². The highest BCUT2D eigenvalue weighted by molar-refractivity contribution is 5.46. The number of nitro benzene ring substituents is 1.